The van der Waals surface area contributed by atoms with Crippen LogP contribution in [0.1, 0.15) is 59.9 Å². The molecule has 3 heterocycles. The van der Waals surface area contributed by atoms with E-state index in [-0.39, 0.29) is 0 Å². The highest BCUT2D eigenvalue weighted by molar-refractivity contribution is 5.54. The van der Waals surface area contributed by atoms with Crippen molar-refractivity contribution in [1.82, 2.24) is 19.9 Å². The number of aromatic nitrogens is 3. The molecular formula is C21H24N4. The Hall–Kier alpha value is -2.20. The van der Waals surface area contributed by atoms with Crippen molar-refractivity contribution < 1.29 is 0 Å². The van der Waals surface area contributed by atoms with E-state index in [0.29, 0.717) is 11.8 Å². The second kappa shape index (κ2) is 6.26. The number of piperidine rings is 1. The molecule has 2 aliphatic rings. The molecule has 1 saturated heterocycles. The van der Waals surface area contributed by atoms with E-state index in [1.807, 2.05) is 6.20 Å². The van der Waals surface area contributed by atoms with Crippen LogP contribution < -0.4 is 5.32 Å². The van der Waals surface area contributed by atoms with E-state index in [4.69, 9.17) is 10.1 Å². The molecule has 25 heavy (non-hydrogen) atoms. The van der Waals surface area contributed by atoms with Gasteiger partial charge in [-0.2, -0.15) is 5.10 Å². The normalized spacial score (nSPS) is 23.5. The second-order valence-corrected chi connectivity index (χ2v) is 7.39. The summed E-state index contributed by atoms with van der Waals surface area (Å²) in [6.07, 6.45) is 10.1. The third kappa shape index (κ3) is 2.56. The number of rotatable bonds is 2. The lowest BCUT2D eigenvalue weighted by Gasteiger charge is -2.25. The van der Waals surface area contributed by atoms with Gasteiger partial charge in [0.1, 0.15) is 0 Å². The first-order chi connectivity index (χ1) is 12.4. The van der Waals surface area contributed by atoms with Gasteiger partial charge < -0.3 is 5.32 Å². The lowest BCUT2D eigenvalue weighted by Crippen LogP contribution is -2.29. The SMILES string of the molecule is c1ccc2c(c1)CCCC2c1cnn2c(C3CCCNC3)ccnc12. The highest BCUT2D eigenvalue weighted by atomic mass is 15.3. The van der Waals surface area contributed by atoms with Crippen molar-refractivity contribution in [2.24, 2.45) is 0 Å². The van der Waals surface area contributed by atoms with Gasteiger partial charge in [0.15, 0.2) is 5.65 Å². The molecule has 2 unspecified atom stereocenters. The Bertz CT molecular complexity index is 892. The number of fused-ring (bicyclic) bond motifs is 2. The molecule has 0 radical (unpaired) electrons. The molecule has 0 saturated carbocycles. The predicted octanol–water partition coefficient (Wildman–Crippen LogP) is 3.66. The summed E-state index contributed by atoms with van der Waals surface area (Å²) in [5.74, 6) is 0.959. The summed E-state index contributed by atoms with van der Waals surface area (Å²) < 4.78 is 2.10. The Labute approximate surface area is 148 Å². The minimum Gasteiger partial charge on any atom is -0.316 e. The second-order valence-electron chi connectivity index (χ2n) is 7.39. The van der Waals surface area contributed by atoms with Gasteiger partial charge in [-0.05, 0) is 55.8 Å². The van der Waals surface area contributed by atoms with Crippen molar-refractivity contribution in [1.29, 1.82) is 0 Å². The van der Waals surface area contributed by atoms with Crippen LogP contribution in [0.25, 0.3) is 5.65 Å². The molecule has 2 aromatic heterocycles. The summed E-state index contributed by atoms with van der Waals surface area (Å²) in [5.41, 5.74) is 6.59. The number of nitrogens with zero attached hydrogens (tertiary/aromatic N) is 3. The number of nitrogens with one attached hydrogen (secondary N) is 1. The van der Waals surface area contributed by atoms with E-state index >= 15 is 0 Å². The number of hydrogen-bond donors (Lipinski definition) is 1. The van der Waals surface area contributed by atoms with Gasteiger partial charge in [-0.3, -0.25) is 0 Å². The summed E-state index contributed by atoms with van der Waals surface area (Å²) in [7, 11) is 0. The van der Waals surface area contributed by atoms with E-state index in [1.165, 1.54) is 54.5 Å². The Morgan fingerprint density at radius 3 is 2.92 bits per heavy atom. The number of benzene rings is 1. The average Bonchev–Trinajstić information content (AvgIpc) is 3.12. The van der Waals surface area contributed by atoms with Crippen molar-refractivity contribution in [3.8, 4) is 0 Å². The van der Waals surface area contributed by atoms with Gasteiger partial charge >= 0.3 is 0 Å². The first-order valence-corrected chi connectivity index (χ1v) is 9.53. The van der Waals surface area contributed by atoms with Crippen LogP contribution in [0.4, 0.5) is 0 Å². The van der Waals surface area contributed by atoms with E-state index in [2.05, 4.69) is 46.4 Å². The third-order valence-corrected chi connectivity index (χ3v) is 5.92. The predicted molar refractivity (Wildman–Crippen MR) is 99.1 cm³/mol. The van der Waals surface area contributed by atoms with E-state index in [9.17, 15) is 0 Å². The molecule has 0 bridgehead atoms. The minimum atomic E-state index is 0.426. The topological polar surface area (TPSA) is 42.2 Å². The van der Waals surface area contributed by atoms with Crippen LogP contribution in [0.2, 0.25) is 0 Å². The maximum absolute atomic E-state index is 4.77. The third-order valence-electron chi connectivity index (χ3n) is 5.92. The van der Waals surface area contributed by atoms with E-state index in [1.54, 1.807) is 0 Å². The number of aryl methyl sites for hydroxylation is 1. The Morgan fingerprint density at radius 2 is 2.00 bits per heavy atom. The van der Waals surface area contributed by atoms with Crippen molar-refractivity contribution in [2.45, 2.75) is 43.9 Å². The fraction of sp³-hybridized carbons (Fsp3) is 0.429. The van der Waals surface area contributed by atoms with Crippen LogP contribution in [0.5, 0.6) is 0 Å². The standard InChI is InChI=1S/C21H24N4/c1-2-8-17-15(5-1)6-3-9-18(17)19-14-24-25-20(10-12-23-21(19)25)16-7-4-11-22-13-16/h1-2,5,8,10,12,14,16,18,22H,3-4,6-7,9,11,13H2. The van der Waals surface area contributed by atoms with Crippen molar-refractivity contribution >= 4 is 5.65 Å². The van der Waals surface area contributed by atoms with Crippen LogP contribution in [0, 0.1) is 0 Å². The van der Waals surface area contributed by atoms with Crippen LogP contribution in [0.15, 0.2) is 42.7 Å². The number of hydrogen-bond acceptors (Lipinski definition) is 3. The minimum absolute atomic E-state index is 0.426. The van der Waals surface area contributed by atoms with Gasteiger partial charge in [0.25, 0.3) is 0 Å². The average molecular weight is 332 g/mol. The molecule has 0 amide bonds. The van der Waals surface area contributed by atoms with Gasteiger partial charge in [0, 0.05) is 30.1 Å². The molecular weight excluding hydrogens is 308 g/mol. The first kappa shape index (κ1) is 15.1. The summed E-state index contributed by atoms with van der Waals surface area (Å²) in [6, 6.07) is 11.0. The molecule has 1 aliphatic carbocycles. The van der Waals surface area contributed by atoms with Crippen LogP contribution >= 0.6 is 0 Å². The molecule has 128 valence electrons. The molecule has 1 aromatic carbocycles. The zero-order valence-corrected chi connectivity index (χ0v) is 14.5. The zero-order valence-electron chi connectivity index (χ0n) is 14.5. The summed E-state index contributed by atoms with van der Waals surface area (Å²) in [6.45, 7) is 2.18. The van der Waals surface area contributed by atoms with Gasteiger partial charge in [-0.25, -0.2) is 9.50 Å². The van der Waals surface area contributed by atoms with Gasteiger partial charge in [0.2, 0.25) is 0 Å². The van der Waals surface area contributed by atoms with Gasteiger partial charge in [0.05, 0.1) is 11.9 Å². The molecule has 4 heteroatoms. The molecule has 4 nitrogen and oxygen atoms in total. The smallest absolute Gasteiger partial charge is 0.159 e. The Kier molecular flexibility index (Phi) is 3.78. The van der Waals surface area contributed by atoms with Gasteiger partial charge in [-0.1, -0.05) is 24.3 Å². The molecule has 1 aliphatic heterocycles. The largest absolute Gasteiger partial charge is 0.316 e. The highest BCUT2D eigenvalue weighted by Gasteiger charge is 2.26. The Balaban J connectivity index is 1.60. The van der Waals surface area contributed by atoms with Crippen molar-refractivity contribution in [3.63, 3.8) is 0 Å². The van der Waals surface area contributed by atoms with Gasteiger partial charge in [-0.15, -0.1) is 0 Å². The maximum atomic E-state index is 4.77. The molecule has 5 rings (SSSR count). The summed E-state index contributed by atoms with van der Waals surface area (Å²) >= 11 is 0. The van der Waals surface area contributed by atoms with Crippen LogP contribution in [-0.4, -0.2) is 27.7 Å². The van der Waals surface area contributed by atoms with Crippen molar-refractivity contribution in [2.75, 3.05) is 13.1 Å². The first-order valence-electron chi connectivity index (χ1n) is 9.53. The molecule has 2 atom stereocenters. The summed E-state index contributed by atoms with van der Waals surface area (Å²) in [4.78, 5) is 4.72. The van der Waals surface area contributed by atoms with Crippen molar-refractivity contribution in [3.05, 3.63) is 65.1 Å². The monoisotopic (exact) mass is 332 g/mol. The molecule has 1 fully saturated rings. The Morgan fingerprint density at radius 1 is 1.04 bits per heavy atom. The quantitative estimate of drug-likeness (QED) is 0.779. The fourth-order valence-corrected chi connectivity index (χ4v) is 4.66. The zero-order chi connectivity index (χ0) is 16.6. The molecule has 1 N–H and O–H groups in total. The maximum Gasteiger partial charge on any atom is 0.159 e. The lowest BCUT2D eigenvalue weighted by atomic mass is 9.80. The van der Waals surface area contributed by atoms with Crippen LogP contribution in [0.3, 0.4) is 0 Å². The van der Waals surface area contributed by atoms with E-state index in [0.717, 1.165) is 18.7 Å². The fourth-order valence-electron chi connectivity index (χ4n) is 4.66. The highest BCUT2D eigenvalue weighted by Crippen LogP contribution is 2.38. The van der Waals surface area contributed by atoms with E-state index < -0.39 is 0 Å². The lowest BCUT2D eigenvalue weighted by molar-refractivity contribution is 0.448. The molecule has 0 spiro atoms. The van der Waals surface area contributed by atoms with Crippen LogP contribution in [-0.2, 0) is 6.42 Å². The summed E-state index contributed by atoms with van der Waals surface area (Å²) in [5, 5.41) is 8.29. The molecule has 3 aromatic rings.